The maximum absolute atomic E-state index is 15.8. The Morgan fingerprint density at radius 2 is 0.896 bits per heavy atom. The van der Waals surface area contributed by atoms with Crippen LogP contribution in [-0.4, -0.2) is 194 Å². The van der Waals surface area contributed by atoms with Crippen LogP contribution in [-0.2, 0) is 75.2 Å². The van der Waals surface area contributed by atoms with Crippen molar-refractivity contribution in [2.75, 3.05) is 31.9 Å². The van der Waals surface area contributed by atoms with E-state index >= 15 is 24.0 Å². The van der Waals surface area contributed by atoms with E-state index in [1.807, 2.05) is 24.3 Å². The van der Waals surface area contributed by atoms with Crippen molar-refractivity contribution in [3.63, 3.8) is 0 Å². The molecule has 115 heavy (non-hydrogen) atoms. The van der Waals surface area contributed by atoms with E-state index in [0.717, 1.165) is 5.39 Å². The number of aliphatic carboxylic acids is 1. The van der Waals surface area contributed by atoms with Crippen LogP contribution in [0, 0.1) is 35.0 Å². The maximum atomic E-state index is 15.8. The van der Waals surface area contributed by atoms with Crippen molar-refractivity contribution >= 4 is 147 Å². The number of ketones is 5. The van der Waals surface area contributed by atoms with Crippen molar-refractivity contribution in [2.24, 2.45) is 107 Å². The number of aliphatic hydroxyl groups excluding tert-OH is 1. The van der Waals surface area contributed by atoms with Crippen LogP contribution in [0.5, 0.6) is 0 Å². The molecule has 27 N–H and O–H groups in total. The molecular weight excluding hydrogens is 1520 g/mol. The highest BCUT2D eigenvalue weighted by Gasteiger charge is 2.42. The topological polar surface area (TPSA) is 634 Å². The minimum Gasteiger partial charge on any atom is -0.480 e. The Hall–Kier alpha value is -10.7. The summed E-state index contributed by atoms with van der Waals surface area (Å²) in [5.41, 5.74) is 51.4. The zero-order valence-electron chi connectivity index (χ0n) is 66.5. The number of thiol groups is 2. The number of guanidine groups is 4. The summed E-state index contributed by atoms with van der Waals surface area (Å²) in [5.74, 6) is -18.0. The third-order valence-corrected chi connectivity index (χ3v) is 20.2. The summed E-state index contributed by atoms with van der Waals surface area (Å²) in [6.45, 7) is 10.3. The Morgan fingerprint density at radius 1 is 0.470 bits per heavy atom. The summed E-state index contributed by atoms with van der Waals surface area (Å²) in [6, 6.07) is 11.2. The van der Waals surface area contributed by atoms with Gasteiger partial charge < -0.3 is 98.7 Å². The number of H-pyrrole nitrogens is 1. The van der Waals surface area contributed by atoms with E-state index in [1.165, 1.54) is 27.7 Å². The van der Waals surface area contributed by atoms with Gasteiger partial charge in [-0.1, -0.05) is 95.3 Å². The lowest BCUT2D eigenvalue weighted by Crippen LogP contribution is -2.54. The SMILES string of the molecule is CC(=O)N[C@@H](CS)C(=O)C[C@@H](CCCN=C(N)N)C(=O)N[C@@H](CCCN=C(N)N)C(=O)C[C@@H](CCCN=C(N)N)C(=O)N[C@@H](Cc1cccc2ccccc12)C(=O)C[C@@H](Cc1c[nH]c2ccccc12)C(=O)N[C@@H](CCC(N)=O)C(=O)C[C@H](C(=O)N[C@H](C(=O)C[C@@H](CCCN=C(N)N)C(=O)N[C@H](C(=O)O)C(C)(C)C)[C@@H](C)O)C(C)(C)S. The number of nitrogens with two attached hydrogens (primary N) is 9. The van der Waals surface area contributed by atoms with E-state index in [9.17, 15) is 48.6 Å². The van der Waals surface area contributed by atoms with E-state index in [-0.39, 0.29) is 120 Å². The summed E-state index contributed by atoms with van der Waals surface area (Å²) in [4.78, 5) is 205. The molecule has 632 valence electrons. The van der Waals surface area contributed by atoms with Crippen molar-refractivity contribution in [3.05, 3.63) is 84.1 Å². The molecule has 4 aromatic rings. The second-order valence-electron chi connectivity index (χ2n) is 30.5. The lowest BCUT2D eigenvalue weighted by atomic mass is 9.84. The molecule has 35 nitrogen and oxygen atoms in total. The fourth-order valence-electron chi connectivity index (χ4n) is 13.3. The highest BCUT2D eigenvalue weighted by atomic mass is 32.1. The molecule has 37 heteroatoms. The number of carboxylic acid groups (broad SMARTS) is 1. The first kappa shape index (κ1) is 96.7. The highest BCUT2D eigenvalue weighted by Crippen LogP contribution is 2.31. The molecule has 0 radical (unpaired) electrons. The number of nitrogens with one attached hydrogen (secondary N) is 7. The second kappa shape index (κ2) is 47.2. The average molecular weight is 1640 g/mol. The smallest absolute Gasteiger partial charge is 0.326 e. The Balaban J connectivity index is 1.83. The fraction of sp³-hybridized carbons (Fsp3) is 0.551. The summed E-state index contributed by atoms with van der Waals surface area (Å²) in [6.07, 6.45) is -3.73. The van der Waals surface area contributed by atoms with Gasteiger partial charge in [0.1, 0.15) is 12.1 Å². The van der Waals surface area contributed by atoms with Gasteiger partial charge in [-0.05, 0) is 105 Å². The lowest BCUT2D eigenvalue weighted by molar-refractivity contribution is -0.146. The molecule has 0 saturated carbocycles. The van der Waals surface area contributed by atoms with Crippen LogP contribution in [0.1, 0.15) is 156 Å². The first-order valence-electron chi connectivity index (χ1n) is 38.2. The van der Waals surface area contributed by atoms with Gasteiger partial charge in [0.2, 0.25) is 41.4 Å². The number of rotatable bonds is 53. The summed E-state index contributed by atoms with van der Waals surface area (Å²) in [7, 11) is 0. The number of hydrogen-bond donors (Lipinski definition) is 20. The number of aromatic amines is 1. The summed E-state index contributed by atoms with van der Waals surface area (Å²) >= 11 is 8.96. The van der Waals surface area contributed by atoms with Gasteiger partial charge in [-0.3, -0.25) is 77.5 Å². The minimum absolute atomic E-state index is 0.00954. The van der Waals surface area contributed by atoms with E-state index in [4.69, 9.17) is 64.2 Å². The van der Waals surface area contributed by atoms with Crippen LogP contribution in [0.25, 0.3) is 21.7 Å². The van der Waals surface area contributed by atoms with E-state index in [2.05, 4.69) is 69.5 Å². The van der Waals surface area contributed by atoms with E-state index < -0.39 is 203 Å². The third kappa shape index (κ3) is 33.7. The first-order chi connectivity index (χ1) is 54.0. The largest absolute Gasteiger partial charge is 0.480 e. The van der Waals surface area contributed by atoms with Gasteiger partial charge in [0.05, 0.1) is 36.2 Å². The molecule has 1 heterocycles. The van der Waals surface area contributed by atoms with Crippen molar-refractivity contribution in [1.29, 1.82) is 0 Å². The van der Waals surface area contributed by atoms with Gasteiger partial charge in [-0.15, -0.1) is 0 Å². The first-order valence-corrected chi connectivity index (χ1v) is 39.3. The summed E-state index contributed by atoms with van der Waals surface area (Å²) in [5, 5.41) is 39.5. The molecule has 0 bridgehead atoms. The van der Waals surface area contributed by atoms with Crippen LogP contribution >= 0.6 is 25.3 Å². The number of amides is 7. The van der Waals surface area contributed by atoms with Crippen LogP contribution < -0.4 is 83.5 Å². The molecule has 0 aliphatic rings. The number of aliphatic imine (C=N–C) groups is 4. The quantitative estimate of drug-likeness (QED) is 0.0124. The van der Waals surface area contributed by atoms with Gasteiger partial charge in [-0.2, -0.15) is 25.3 Å². The maximum Gasteiger partial charge on any atom is 0.326 e. The molecule has 0 spiro atoms. The number of primary amides is 1. The molecule has 7 amide bonds. The molecule has 3 aromatic carbocycles. The Labute approximate surface area is 680 Å². The number of carbonyl (C=O) groups excluding carboxylic acids is 12. The number of hydrogen-bond acceptors (Lipinski definition) is 20. The second-order valence-corrected chi connectivity index (χ2v) is 32.1. The number of para-hydroxylation sites is 1. The third-order valence-electron chi connectivity index (χ3n) is 19.5. The van der Waals surface area contributed by atoms with Gasteiger partial charge in [0.25, 0.3) is 0 Å². The number of fused-ring (bicyclic) bond motifs is 2. The monoisotopic (exact) mass is 1640 g/mol. The van der Waals surface area contributed by atoms with E-state index in [1.54, 1.807) is 69.4 Å². The molecule has 4 rings (SSSR count). The number of nitrogens with zero attached hydrogens (tertiary/aromatic N) is 4. The molecule has 0 unspecified atom stereocenters. The molecule has 0 saturated heterocycles. The molecule has 0 aliphatic carbocycles. The van der Waals surface area contributed by atoms with Crippen molar-refractivity contribution in [1.82, 2.24) is 36.9 Å². The van der Waals surface area contributed by atoms with Gasteiger partial charge >= 0.3 is 5.97 Å². The zero-order valence-corrected chi connectivity index (χ0v) is 68.3. The van der Waals surface area contributed by atoms with Gasteiger partial charge in [0.15, 0.2) is 52.8 Å². The zero-order chi connectivity index (χ0) is 86.0. The van der Waals surface area contributed by atoms with Crippen LogP contribution in [0.15, 0.2) is 92.9 Å². The molecule has 0 fully saturated rings. The Kier molecular flexibility index (Phi) is 39.7. The molecule has 1 aromatic heterocycles. The number of aliphatic hydroxyl groups is 1. The van der Waals surface area contributed by atoms with Gasteiger partial charge in [0, 0.05) is 129 Å². The number of benzene rings is 3. The molecule has 12 atom stereocenters. The number of aromatic nitrogens is 1. The Morgan fingerprint density at radius 3 is 1.37 bits per heavy atom. The van der Waals surface area contributed by atoms with Crippen LogP contribution in [0.2, 0.25) is 0 Å². The summed E-state index contributed by atoms with van der Waals surface area (Å²) < 4.78 is -1.42. The van der Waals surface area contributed by atoms with Crippen LogP contribution in [0.4, 0.5) is 0 Å². The molecule has 0 aliphatic heterocycles. The van der Waals surface area contributed by atoms with E-state index in [0.29, 0.717) is 27.4 Å². The standard InChI is InChI=1S/C78H118N20O15S2/c1-42(99)65(63(105)37-48(22-15-31-90-75(84)85)69(109)98-66(72(112)113)77(3,4)5)97-71(111)53(78(6,7)115)39-62(104)56(27-28-64(79)106)95-70(110)49(33-50-40-92-54-25-11-10-24-52(50)54)38-60(102)57(34-45-19-12-18-44-17-8-9-23-51(44)45)96-68(108)46(20-13-29-88-73(80)81)35-59(101)55(26-16-32-91-76(86)87)94-67(107)47(21-14-30-89-74(82)83)36-61(103)58(41-114)93-43(2)100/h8-12,17-19,23-25,40,42,46-49,53,55-58,65-66,92,99,114-115H,13-16,20-22,26-39,41H2,1-7H3,(H2,79,106)(H,93,100)(H,94,107)(H,95,110)(H,96,108)(H,97,111)(H,98,109)(H,112,113)(H4,80,81,88)(H4,82,83,89)(H4,84,85,90)(H4,86,87,91)/t42-,46-,47-,48-,49-,53-,55+,56+,57+,58+,65+,66-/m1/s1. The number of carbonyl (C=O) groups is 13. The van der Waals surface area contributed by atoms with Crippen LogP contribution in [0.3, 0.4) is 0 Å². The predicted octanol–water partition coefficient (Wildman–Crippen LogP) is 0.542. The molecular formula is C78H118N20O15S2. The number of carboxylic acids is 1. The Bertz CT molecular complexity index is 4150. The van der Waals surface area contributed by atoms with Gasteiger partial charge in [-0.25, -0.2) is 4.79 Å². The fourth-order valence-corrected chi connectivity index (χ4v) is 13.8. The van der Waals surface area contributed by atoms with Crippen molar-refractivity contribution < 1.29 is 72.5 Å². The van der Waals surface area contributed by atoms with Crippen molar-refractivity contribution in [2.45, 2.75) is 205 Å². The average Bonchev–Trinajstić information content (AvgIpc) is 1.66. The minimum atomic E-state index is -1.72. The predicted molar refractivity (Wildman–Crippen MR) is 446 cm³/mol. The number of Topliss-reactive ketones (excluding diaryl/α,β-unsaturated/α-hetero) is 5. The lowest BCUT2D eigenvalue weighted by Gasteiger charge is -2.32. The highest BCUT2D eigenvalue weighted by molar-refractivity contribution is 7.81. The normalized spacial score (nSPS) is 14.6. The van der Waals surface area contributed by atoms with Crippen molar-refractivity contribution in [3.8, 4) is 0 Å².